The van der Waals surface area contributed by atoms with E-state index in [2.05, 4.69) is 0 Å². The van der Waals surface area contributed by atoms with Crippen LogP contribution in [-0.2, 0) is 20.5 Å². The minimum atomic E-state index is -4.45. The van der Waals surface area contributed by atoms with Gasteiger partial charge in [-0.15, -0.1) is 0 Å². The standard InChI is InChI=1S/C17H18F3NO4/c18-17(19,20)14-4-2-1-3-11(14)12-8-13(12)16(24)21-5-6-25-10(9-21)7-15(22)23/h1-4,10,12-13H,5-9H2,(H,22,23)/t10-,12-,13+/m1/s1. The molecule has 1 heterocycles. The van der Waals surface area contributed by atoms with E-state index in [1.54, 1.807) is 6.07 Å². The minimum Gasteiger partial charge on any atom is -0.481 e. The van der Waals surface area contributed by atoms with E-state index in [-0.39, 0.29) is 31.0 Å². The summed E-state index contributed by atoms with van der Waals surface area (Å²) in [6, 6.07) is 5.34. The van der Waals surface area contributed by atoms with Gasteiger partial charge in [0.25, 0.3) is 0 Å². The molecule has 2 fully saturated rings. The van der Waals surface area contributed by atoms with Crippen molar-refractivity contribution in [2.45, 2.75) is 31.0 Å². The molecule has 1 aliphatic carbocycles. The first-order chi connectivity index (χ1) is 11.8. The highest BCUT2D eigenvalue weighted by atomic mass is 19.4. The summed E-state index contributed by atoms with van der Waals surface area (Å²) < 4.78 is 44.7. The maximum atomic E-state index is 13.1. The quantitative estimate of drug-likeness (QED) is 0.899. The third-order valence-corrected chi connectivity index (χ3v) is 4.63. The molecule has 0 radical (unpaired) electrons. The van der Waals surface area contributed by atoms with Gasteiger partial charge in [0.1, 0.15) is 0 Å². The van der Waals surface area contributed by atoms with Crippen LogP contribution in [-0.4, -0.2) is 47.7 Å². The number of ether oxygens (including phenoxy) is 1. The predicted molar refractivity (Wildman–Crippen MR) is 80.9 cm³/mol. The van der Waals surface area contributed by atoms with Crippen LogP contribution in [0.5, 0.6) is 0 Å². The molecule has 136 valence electrons. The highest BCUT2D eigenvalue weighted by molar-refractivity contribution is 5.83. The number of hydrogen-bond acceptors (Lipinski definition) is 3. The number of morpholine rings is 1. The van der Waals surface area contributed by atoms with E-state index in [0.29, 0.717) is 13.0 Å². The molecule has 0 bridgehead atoms. The van der Waals surface area contributed by atoms with Crippen LogP contribution in [0.25, 0.3) is 0 Å². The third-order valence-electron chi connectivity index (χ3n) is 4.63. The summed E-state index contributed by atoms with van der Waals surface area (Å²) in [5.74, 6) is -2.15. The number of rotatable bonds is 4. The minimum absolute atomic E-state index is 0.156. The fourth-order valence-corrected chi connectivity index (χ4v) is 3.36. The molecule has 25 heavy (non-hydrogen) atoms. The first-order valence-corrected chi connectivity index (χ1v) is 8.05. The Balaban J connectivity index is 1.68. The van der Waals surface area contributed by atoms with Crippen molar-refractivity contribution in [3.8, 4) is 0 Å². The van der Waals surface area contributed by atoms with Crippen molar-refractivity contribution < 1.29 is 32.6 Å². The number of halogens is 3. The normalized spacial score (nSPS) is 26.4. The molecule has 1 N–H and O–H groups in total. The van der Waals surface area contributed by atoms with Gasteiger partial charge in [0.05, 0.1) is 24.7 Å². The van der Waals surface area contributed by atoms with Gasteiger partial charge in [0.15, 0.2) is 0 Å². The molecular formula is C17H18F3NO4. The highest BCUT2D eigenvalue weighted by Crippen LogP contribution is 2.51. The number of alkyl halides is 3. The van der Waals surface area contributed by atoms with Crippen LogP contribution in [0.15, 0.2) is 24.3 Å². The molecule has 5 nitrogen and oxygen atoms in total. The Morgan fingerprint density at radius 2 is 2.00 bits per heavy atom. The molecule has 0 unspecified atom stereocenters. The molecule has 1 aromatic rings. The highest BCUT2D eigenvalue weighted by Gasteiger charge is 2.49. The van der Waals surface area contributed by atoms with Crippen LogP contribution in [0.2, 0.25) is 0 Å². The van der Waals surface area contributed by atoms with E-state index in [9.17, 15) is 22.8 Å². The molecule has 1 saturated carbocycles. The smallest absolute Gasteiger partial charge is 0.416 e. The Labute approximate surface area is 142 Å². The van der Waals surface area contributed by atoms with E-state index in [1.807, 2.05) is 0 Å². The summed E-state index contributed by atoms with van der Waals surface area (Å²) in [5, 5.41) is 8.82. The van der Waals surface area contributed by atoms with E-state index < -0.39 is 35.6 Å². The van der Waals surface area contributed by atoms with Crippen LogP contribution < -0.4 is 0 Å². The number of nitrogens with zero attached hydrogens (tertiary/aromatic N) is 1. The van der Waals surface area contributed by atoms with E-state index in [0.717, 1.165) is 6.07 Å². The average Bonchev–Trinajstić information content (AvgIpc) is 3.33. The van der Waals surface area contributed by atoms with Gasteiger partial charge < -0.3 is 14.7 Å². The molecule has 1 amide bonds. The lowest BCUT2D eigenvalue weighted by molar-refractivity contribution is -0.148. The first kappa shape index (κ1) is 17.7. The van der Waals surface area contributed by atoms with Crippen molar-refractivity contribution in [1.29, 1.82) is 0 Å². The van der Waals surface area contributed by atoms with Gasteiger partial charge in [-0.3, -0.25) is 9.59 Å². The molecule has 3 rings (SSSR count). The molecule has 0 aromatic heterocycles. The number of carboxylic acid groups (broad SMARTS) is 1. The van der Waals surface area contributed by atoms with E-state index in [1.165, 1.54) is 17.0 Å². The summed E-state index contributed by atoms with van der Waals surface area (Å²) in [6.45, 7) is 0.731. The molecule has 2 aliphatic rings. The Bertz CT molecular complexity index is 676. The average molecular weight is 357 g/mol. The first-order valence-electron chi connectivity index (χ1n) is 8.05. The van der Waals surface area contributed by atoms with Crippen molar-refractivity contribution in [3.05, 3.63) is 35.4 Å². The number of carbonyl (C=O) groups is 2. The topological polar surface area (TPSA) is 66.8 Å². The molecule has 3 atom stereocenters. The van der Waals surface area contributed by atoms with Crippen molar-refractivity contribution in [3.63, 3.8) is 0 Å². The maximum absolute atomic E-state index is 13.1. The fourth-order valence-electron chi connectivity index (χ4n) is 3.36. The van der Waals surface area contributed by atoms with Crippen LogP contribution in [0, 0.1) is 5.92 Å². The van der Waals surface area contributed by atoms with Gasteiger partial charge in [-0.05, 0) is 24.0 Å². The van der Waals surface area contributed by atoms with Crippen LogP contribution in [0.4, 0.5) is 13.2 Å². The lowest BCUT2D eigenvalue weighted by Gasteiger charge is -2.32. The molecular weight excluding hydrogens is 339 g/mol. The molecule has 0 spiro atoms. The van der Waals surface area contributed by atoms with E-state index >= 15 is 0 Å². The lowest BCUT2D eigenvalue weighted by atomic mass is 10.0. The zero-order valence-corrected chi connectivity index (χ0v) is 13.3. The van der Waals surface area contributed by atoms with Gasteiger partial charge in [-0.25, -0.2) is 0 Å². The second-order valence-electron chi connectivity index (χ2n) is 6.41. The molecule has 1 saturated heterocycles. The Morgan fingerprint density at radius 1 is 1.28 bits per heavy atom. The van der Waals surface area contributed by atoms with Gasteiger partial charge in [0.2, 0.25) is 5.91 Å². The van der Waals surface area contributed by atoms with E-state index in [4.69, 9.17) is 9.84 Å². The maximum Gasteiger partial charge on any atom is 0.416 e. The second-order valence-corrected chi connectivity index (χ2v) is 6.41. The SMILES string of the molecule is O=C(O)C[C@@H]1CN(C(=O)[C@H]2C[C@@H]2c2ccccc2C(F)(F)F)CCO1. The van der Waals surface area contributed by atoms with Crippen molar-refractivity contribution in [2.75, 3.05) is 19.7 Å². The van der Waals surface area contributed by atoms with Crippen LogP contribution >= 0.6 is 0 Å². The monoisotopic (exact) mass is 357 g/mol. The second kappa shape index (κ2) is 6.67. The number of benzene rings is 1. The summed E-state index contributed by atoms with van der Waals surface area (Å²) in [7, 11) is 0. The van der Waals surface area contributed by atoms with Gasteiger partial charge in [0, 0.05) is 19.0 Å². The number of carboxylic acids is 1. The van der Waals surface area contributed by atoms with Gasteiger partial charge in [-0.2, -0.15) is 13.2 Å². The number of amides is 1. The Hall–Kier alpha value is -2.09. The number of carbonyl (C=O) groups excluding carboxylic acids is 1. The molecule has 1 aromatic carbocycles. The van der Waals surface area contributed by atoms with Crippen molar-refractivity contribution in [1.82, 2.24) is 4.90 Å². The Morgan fingerprint density at radius 3 is 2.68 bits per heavy atom. The van der Waals surface area contributed by atoms with Crippen molar-refractivity contribution >= 4 is 11.9 Å². The summed E-state index contributed by atoms with van der Waals surface area (Å²) >= 11 is 0. The zero-order valence-electron chi connectivity index (χ0n) is 13.3. The van der Waals surface area contributed by atoms with Gasteiger partial charge >= 0.3 is 12.1 Å². The van der Waals surface area contributed by atoms with Crippen LogP contribution in [0.3, 0.4) is 0 Å². The lowest BCUT2D eigenvalue weighted by Crippen LogP contribution is -2.47. The fraction of sp³-hybridized carbons (Fsp3) is 0.529. The van der Waals surface area contributed by atoms with Crippen LogP contribution in [0.1, 0.15) is 29.9 Å². The third kappa shape index (κ3) is 3.95. The largest absolute Gasteiger partial charge is 0.481 e. The number of hydrogen-bond donors (Lipinski definition) is 1. The summed E-state index contributed by atoms with van der Waals surface area (Å²) in [5.41, 5.74) is -0.537. The van der Waals surface area contributed by atoms with Gasteiger partial charge in [-0.1, -0.05) is 18.2 Å². The summed E-state index contributed by atoms with van der Waals surface area (Å²) in [6.07, 6.45) is -4.84. The van der Waals surface area contributed by atoms with Crippen molar-refractivity contribution in [2.24, 2.45) is 5.92 Å². The molecule has 8 heteroatoms. The Kier molecular flexibility index (Phi) is 4.73. The zero-order chi connectivity index (χ0) is 18.2. The molecule has 1 aliphatic heterocycles. The predicted octanol–water partition coefficient (Wildman–Crippen LogP) is 2.51. The number of aliphatic carboxylic acids is 1. The summed E-state index contributed by atoms with van der Waals surface area (Å²) in [4.78, 5) is 24.9.